The van der Waals surface area contributed by atoms with Gasteiger partial charge in [-0.2, -0.15) is 0 Å². The molecule has 8 heteroatoms. The highest BCUT2D eigenvalue weighted by Gasteiger charge is 2.33. The second-order valence-electron chi connectivity index (χ2n) is 6.24. The third-order valence-electron chi connectivity index (χ3n) is 4.46. The lowest BCUT2D eigenvalue weighted by molar-refractivity contribution is -0.126. The van der Waals surface area contributed by atoms with Crippen molar-refractivity contribution in [2.45, 2.75) is 19.0 Å². The van der Waals surface area contributed by atoms with Crippen LogP contribution < -0.4 is 10.6 Å². The van der Waals surface area contributed by atoms with Crippen LogP contribution in [0.4, 0.5) is 5.82 Å². The van der Waals surface area contributed by atoms with Crippen molar-refractivity contribution in [3.8, 4) is 0 Å². The molecule has 3 aromatic rings. The van der Waals surface area contributed by atoms with Gasteiger partial charge in [-0.1, -0.05) is 35.9 Å². The Labute approximate surface area is 165 Å². The fraction of sp³-hybridized carbons (Fsp3) is 0.158. The number of carbonyl (C=O) groups excluding carboxylic acids is 2. The number of nitrogens with zero attached hydrogens (tertiary/aromatic N) is 2. The monoisotopic (exact) mass is 398 g/mol. The molecule has 6 nitrogen and oxygen atoms in total. The van der Waals surface area contributed by atoms with E-state index >= 15 is 0 Å². The van der Waals surface area contributed by atoms with Crippen LogP contribution in [0.3, 0.4) is 0 Å². The zero-order valence-electron chi connectivity index (χ0n) is 14.1. The molecule has 0 aliphatic carbocycles. The van der Waals surface area contributed by atoms with Gasteiger partial charge in [0.15, 0.2) is 0 Å². The lowest BCUT2D eigenvalue weighted by Crippen LogP contribution is -2.28. The van der Waals surface area contributed by atoms with Gasteiger partial charge in [-0.05, 0) is 42.0 Å². The van der Waals surface area contributed by atoms with Gasteiger partial charge in [-0.15, -0.1) is 0 Å². The zero-order chi connectivity index (χ0) is 19.0. The van der Waals surface area contributed by atoms with E-state index in [2.05, 4.69) is 15.6 Å². The van der Waals surface area contributed by atoms with E-state index < -0.39 is 6.04 Å². The van der Waals surface area contributed by atoms with Crippen LogP contribution in [-0.2, 0) is 16.1 Å². The molecule has 4 rings (SSSR count). The van der Waals surface area contributed by atoms with E-state index in [1.54, 1.807) is 16.7 Å². The molecule has 0 fully saturated rings. The largest absolute Gasteiger partial charge is 0.352 e. The van der Waals surface area contributed by atoms with Gasteiger partial charge in [0.1, 0.15) is 11.9 Å². The predicted molar refractivity (Wildman–Crippen MR) is 106 cm³/mol. The summed E-state index contributed by atoms with van der Waals surface area (Å²) in [5.74, 6) is 0.0833. The number of rotatable bonds is 4. The summed E-state index contributed by atoms with van der Waals surface area (Å²) in [5, 5.41) is 7.10. The third kappa shape index (κ3) is 3.43. The van der Waals surface area contributed by atoms with Gasteiger partial charge in [0.25, 0.3) is 0 Å². The first-order valence-corrected chi connectivity index (χ1v) is 9.15. The minimum Gasteiger partial charge on any atom is -0.352 e. The number of hydrogen-bond donors (Lipinski definition) is 2. The topological polar surface area (TPSA) is 76.0 Å². The molecular formula is C19H15ClN4O2S. The second-order valence-corrected chi connectivity index (χ2v) is 7.04. The molecule has 1 atom stereocenters. The lowest BCUT2D eigenvalue weighted by atomic mass is 10.1. The summed E-state index contributed by atoms with van der Waals surface area (Å²) >= 11 is 11.2. The molecule has 2 aromatic carbocycles. The number of carbonyl (C=O) groups is 2. The molecule has 0 bridgehead atoms. The Balaban J connectivity index is 1.54. The van der Waals surface area contributed by atoms with Crippen molar-refractivity contribution < 1.29 is 9.59 Å². The fourth-order valence-corrected chi connectivity index (χ4v) is 3.57. The van der Waals surface area contributed by atoms with Crippen molar-refractivity contribution in [2.24, 2.45) is 0 Å². The van der Waals surface area contributed by atoms with Crippen molar-refractivity contribution in [1.82, 2.24) is 14.9 Å². The molecule has 27 heavy (non-hydrogen) atoms. The summed E-state index contributed by atoms with van der Waals surface area (Å²) in [6.45, 7) is 0.360. The summed E-state index contributed by atoms with van der Waals surface area (Å²) in [6.07, 6.45) is -0.0131. The van der Waals surface area contributed by atoms with Gasteiger partial charge in [0, 0.05) is 17.0 Å². The van der Waals surface area contributed by atoms with Crippen LogP contribution in [0.5, 0.6) is 0 Å². The number of nitrogens with one attached hydrogen (secondary N) is 2. The molecule has 0 spiro atoms. The summed E-state index contributed by atoms with van der Waals surface area (Å²) < 4.78 is 1.90. The molecule has 2 heterocycles. The molecular weight excluding hydrogens is 384 g/mol. The van der Waals surface area contributed by atoms with Crippen molar-refractivity contribution in [3.05, 3.63) is 63.9 Å². The van der Waals surface area contributed by atoms with Crippen LogP contribution >= 0.6 is 23.8 Å². The van der Waals surface area contributed by atoms with Gasteiger partial charge < -0.3 is 10.6 Å². The van der Waals surface area contributed by atoms with Gasteiger partial charge in [-0.3, -0.25) is 14.2 Å². The highest BCUT2D eigenvalue weighted by molar-refractivity contribution is 7.71. The standard InChI is InChI=1S/C19H15ClN4O2S/c20-12-7-5-11(6-8-12)10-21-16(25)9-15-18(26)23-17-13-3-1-2-4-14(13)22-19(27)24(15)17/h1-8,15H,9-10H2,(H,21,25)(H,23,26). The normalized spacial score (nSPS) is 15.4. The van der Waals surface area contributed by atoms with E-state index in [-0.39, 0.29) is 23.0 Å². The van der Waals surface area contributed by atoms with Crippen LogP contribution in [0.2, 0.25) is 5.02 Å². The highest BCUT2D eigenvalue weighted by atomic mass is 35.5. The maximum atomic E-state index is 12.5. The van der Waals surface area contributed by atoms with E-state index in [0.29, 0.717) is 22.9 Å². The van der Waals surface area contributed by atoms with E-state index in [1.807, 2.05) is 36.4 Å². The smallest absolute Gasteiger partial charge is 0.249 e. The van der Waals surface area contributed by atoms with E-state index in [9.17, 15) is 9.59 Å². The number of anilines is 1. The Kier molecular flexibility index (Phi) is 4.63. The minimum atomic E-state index is -0.713. The van der Waals surface area contributed by atoms with E-state index in [1.165, 1.54) is 0 Å². The van der Waals surface area contributed by atoms with Gasteiger partial charge in [0.05, 0.1) is 11.9 Å². The minimum absolute atomic E-state index is 0.0131. The van der Waals surface area contributed by atoms with E-state index in [4.69, 9.17) is 23.8 Å². The first kappa shape index (κ1) is 17.6. The third-order valence-corrected chi connectivity index (χ3v) is 5.00. The molecule has 0 radical (unpaired) electrons. The number of amides is 2. The number of aromatic nitrogens is 2. The summed E-state index contributed by atoms with van der Waals surface area (Å²) in [7, 11) is 0. The van der Waals surface area contributed by atoms with Crippen LogP contribution in [-0.4, -0.2) is 21.4 Å². The lowest BCUT2D eigenvalue weighted by Gasteiger charge is -2.13. The maximum absolute atomic E-state index is 12.5. The summed E-state index contributed by atoms with van der Waals surface area (Å²) in [4.78, 5) is 29.2. The van der Waals surface area contributed by atoms with Crippen LogP contribution in [0, 0.1) is 4.77 Å². The molecule has 0 saturated carbocycles. The molecule has 2 amide bonds. The van der Waals surface area contributed by atoms with Gasteiger partial charge >= 0.3 is 0 Å². The summed E-state index contributed by atoms with van der Waals surface area (Å²) in [6, 6.07) is 13.9. The fourth-order valence-electron chi connectivity index (χ4n) is 3.12. The number of halogens is 1. The molecule has 1 aromatic heterocycles. The summed E-state index contributed by atoms with van der Waals surface area (Å²) in [5.41, 5.74) is 1.63. The van der Waals surface area contributed by atoms with Gasteiger partial charge in [-0.25, -0.2) is 4.98 Å². The first-order valence-electron chi connectivity index (χ1n) is 8.36. The molecule has 1 aliphatic heterocycles. The number of para-hydroxylation sites is 1. The Hall–Kier alpha value is -2.77. The van der Waals surface area contributed by atoms with Gasteiger partial charge in [0.2, 0.25) is 16.6 Å². The van der Waals surface area contributed by atoms with Crippen molar-refractivity contribution in [2.75, 3.05) is 5.32 Å². The molecule has 0 saturated heterocycles. The molecule has 136 valence electrons. The second kappa shape index (κ2) is 7.09. The zero-order valence-corrected chi connectivity index (χ0v) is 15.7. The molecule has 1 aliphatic rings. The quantitative estimate of drug-likeness (QED) is 0.658. The van der Waals surface area contributed by atoms with Crippen LogP contribution in [0.1, 0.15) is 18.0 Å². The van der Waals surface area contributed by atoms with Crippen LogP contribution in [0.25, 0.3) is 10.9 Å². The van der Waals surface area contributed by atoms with Crippen molar-refractivity contribution >= 4 is 52.4 Å². The number of benzene rings is 2. The highest BCUT2D eigenvalue weighted by Crippen LogP contribution is 2.32. The average molecular weight is 399 g/mol. The molecule has 1 unspecified atom stereocenters. The van der Waals surface area contributed by atoms with Crippen molar-refractivity contribution in [3.63, 3.8) is 0 Å². The number of fused-ring (bicyclic) bond motifs is 3. The first-order chi connectivity index (χ1) is 13.0. The number of hydrogen-bond acceptors (Lipinski definition) is 4. The maximum Gasteiger partial charge on any atom is 0.249 e. The van der Waals surface area contributed by atoms with Crippen molar-refractivity contribution in [1.29, 1.82) is 0 Å². The Morgan fingerprint density at radius 3 is 2.74 bits per heavy atom. The van der Waals surface area contributed by atoms with Crippen LogP contribution in [0.15, 0.2) is 48.5 Å². The SMILES string of the molecule is O=C(CC1C(=O)Nc2c3ccccc3nc(=S)n21)NCc1ccc(Cl)cc1. The Morgan fingerprint density at radius 1 is 1.22 bits per heavy atom. The Bertz CT molecular complexity index is 1110. The molecule has 2 N–H and O–H groups in total. The average Bonchev–Trinajstić information content (AvgIpc) is 2.98. The Morgan fingerprint density at radius 2 is 1.96 bits per heavy atom. The van der Waals surface area contributed by atoms with E-state index in [0.717, 1.165) is 10.9 Å². The predicted octanol–water partition coefficient (Wildman–Crippen LogP) is 3.62.